The average Bonchev–Trinajstić information content (AvgIpc) is 3.18. The van der Waals surface area contributed by atoms with Crippen molar-refractivity contribution in [1.82, 2.24) is 15.3 Å². The molecule has 0 atom stereocenters. The maximum atomic E-state index is 4.46. The number of aromatic amines is 1. The Morgan fingerprint density at radius 1 is 0.920 bits per heavy atom. The zero-order valence-electron chi connectivity index (χ0n) is 14.1. The normalized spacial score (nSPS) is 14.6. The first-order chi connectivity index (χ1) is 12.4. The first-order valence-electron chi connectivity index (χ1n) is 8.67. The molecule has 1 aliphatic rings. The second kappa shape index (κ2) is 7.32. The van der Waals surface area contributed by atoms with Crippen LogP contribution in [0.5, 0.6) is 0 Å². The Morgan fingerprint density at radius 2 is 1.80 bits per heavy atom. The van der Waals surface area contributed by atoms with E-state index >= 15 is 0 Å². The van der Waals surface area contributed by atoms with E-state index in [1.807, 2.05) is 30.5 Å². The quantitative estimate of drug-likeness (QED) is 0.734. The molecule has 2 N–H and O–H groups in total. The summed E-state index contributed by atoms with van der Waals surface area (Å²) in [6.45, 7) is 2.00. The van der Waals surface area contributed by atoms with Gasteiger partial charge in [0.15, 0.2) is 0 Å². The largest absolute Gasteiger partial charge is 0.355 e. The van der Waals surface area contributed by atoms with Gasteiger partial charge in [-0.2, -0.15) is 0 Å². The molecule has 0 bridgehead atoms. The Kier molecular flexibility index (Phi) is 4.57. The fourth-order valence-corrected chi connectivity index (χ4v) is 3.07. The van der Waals surface area contributed by atoms with Gasteiger partial charge in [-0.15, -0.1) is 0 Å². The molecule has 2 aromatic heterocycles. The summed E-state index contributed by atoms with van der Waals surface area (Å²) in [6.07, 6.45) is 9.34. The highest BCUT2D eigenvalue weighted by atomic mass is 14.9. The number of nitrogens with zero attached hydrogens (tertiary/aromatic N) is 1. The lowest BCUT2D eigenvalue weighted by atomic mass is 10.1. The molecule has 3 heteroatoms. The Balaban J connectivity index is 1.56. The van der Waals surface area contributed by atoms with E-state index in [1.54, 1.807) is 0 Å². The molecular weight excluding hydrogens is 306 g/mol. The zero-order valence-corrected chi connectivity index (χ0v) is 14.1. The summed E-state index contributed by atoms with van der Waals surface area (Å²) in [4.78, 5) is 8.01. The summed E-state index contributed by atoms with van der Waals surface area (Å²) < 4.78 is 0. The highest BCUT2D eigenvalue weighted by molar-refractivity contribution is 5.73. The fourth-order valence-electron chi connectivity index (χ4n) is 3.07. The van der Waals surface area contributed by atoms with Crippen LogP contribution in [-0.2, 0) is 0 Å². The number of nitrogens with one attached hydrogen (secondary N) is 2. The van der Waals surface area contributed by atoms with Gasteiger partial charge >= 0.3 is 0 Å². The molecule has 0 fully saturated rings. The van der Waals surface area contributed by atoms with E-state index in [0.29, 0.717) is 0 Å². The maximum absolute atomic E-state index is 4.46. The van der Waals surface area contributed by atoms with Gasteiger partial charge in [-0.05, 0) is 54.4 Å². The van der Waals surface area contributed by atoms with Gasteiger partial charge in [-0.1, -0.05) is 42.5 Å². The minimum absolute atomic E-state index is 0.952. The number of hydrogen-bond acceptors (Lipinski definition) is 2. The van der Waals surface area contributed by atoms with Crippen LogP contribution in [0.3, 0.4) is 0 Å². The Morgan fingerprint density at radius 3 is 2.64 bits per heavy atom. The lowest BCUT2D eigenvalue weighted by molar-refractivity contribution is 0.737. The first-order valence-corrected chi connectivity index (χ1v) is 8.67. The van der Waals surface area contributed by atoms with E-state index in [0.717, 1.165) is 36.5 Å². The lowest BCUT2D eigenvalue weighted by Crippen LogP contribution is -2.20. The first kappa shape index (κ1) is 15.6. The molecule has 25 heavy (non-hydrogen) atoms. The zero-order chi connectivity index (χ0) is 16.9. The van der Waals surface area contributed by atoms with Crippen molar-refractivity contribution in [3.63, 3.8) is 0 Å². The minimum Gasteiger partial charge on any atom is -0.355 e. The Hall–Kier alpha value is -2.91. The number of hydrogen-bond donors (Lipinski definition) is 2. The van der Waals surface area contributed by atoms with E-state index in [9.17, 15) is 0 Å². The van der Waals surface area contributed by atoms with Crippen molar-refractivity contribution in [2.45, 2.75) is 6.42 Å². The fraction of sp³-hybridized carbons (Fsp3) is 0.136. The van der Waals surface area contributed by atoms with Gasteiger partial charge < -0.3 is 10.3 Å². The van der Waals surface area contributed by atoms with Crippen molar-refractivity contribution in [3.05, 3.63) is 83.8 Å². The van der Waals surface area contributed by atoms with Crippen LogP contribution < -0.4 is 5.32 Å². The predicted molar refractivity (Wildman–Crippen MR) is 105 cm³/mol. The van der Waals surface area contributed by atoms with E-state index in [-0.39, 0.29) is 0 Å². The molecule has 1 aliphatic heterocycles. The van der Waals surface area contributed by atoms with E-state index in [1.165, 1.54) is 16.8 Å². The van der Waals surface area contributed by atoms with E-state index in [2.05, 4.69) is 63.8 Å². The number of aromatic nitrogens is 2. The molecule has 0 radical (unpaired) electrons. The van der Waals surface area contributed by atoms with Crippen LogP contribution in [-0.4, -0.2) is 23.1 Å². The predicted octanol–water partition coefficient (Wildman–Crippen LogP) is 4.62. The van der Waals surface area contributed by atoms with Gasteiger partial charge in [-0.25, -0.2) is 0 Å². The van der Waals surface area contributed by atoms with Gasteiger partial charge in [0.2, 0.25) is 0 Å². The molecule has 1 aromatic carbocycles. The second-order valence-corrected chi connectivity index (χ2v) is 6.18. The molecule has 0 aliphatic carbocycles. The molecule has 0 amide bonds. The molecule has 3 heterocycles. The molecule has 4 rings (SSSR count). The molecule has 3 aromatic rings. The van der Waals surface area contributed by atoms with Gasteiger partial charge in [-0.3, -0.25) is 4.98 Å². The van der Waals surface area contributed by atoms with Crippen LogP contribution >= 0.6 is 0 Å². The highest BCUT2D eigenvalue weighted by Gasteiger charge is 2.09. The summed E-state index contributed by atoms with van der Waals surface area (Å²) in [5.74, 6) is 0. The molecule has 0 saturated heterocycles. The monoisotopic (exact) mass is 327 g/mol. The SMILES string of the molecule is C1=C(c2ccc(-c3ccnc(/C=C/c4ccccc4)c3)[nH]2)CCNC1. The van der Waals surface area contributed by atoms with Crippen LogP contribution in [0.1, 0.15) is 23.4 Å². The third-order valence-corrected chi connectivity index (χ3v) is 4.43. The molecule has 0 saturated carbocycles. The summed E-state index contributed by atoms with van der Waals surface area (Å²) in [5.41, 5.74) is 7.03. The van der Waals surface area contributed by atoms with E-state index < -0.39 is 0 Å². The summed E-state index contributed by atoms with van der Waals surface area (Å²) in [6, 6.07) is 18.8. The second-order valence-electron chi connectivity index (χ2n) is 6.18. The molecular formula is C22H21N3. The van der Waals surface area contributed by atoms with Gasteiger partial charge in [0.25, 0.3) is 0 Å². The van der Waals surface area contributed by atoms with Crippen molar-refractivity contribution in [2.24, 2.45) is 0 Å². The number of H-pyrrole nitrogens is 1. The van der Waals surface area contributed by atoms with Crippen molar-refractivity contribution < 1.29 is 0 Å². The third-order valence-electron chi connectivity index (χ3n) is 4.43. The van der Waals surface area contributed by atoms with Crippen LogP contribution in [0.15, 0.2) is 66.9 Å². The number of rotatable bonds is 4. The van der Waals surface area contributed by atoms with Gasteiger partial charge in [0, 0.05) is 29.7 Å². The van der Waals surface area contributed by atoms with Crippen LogP contribution in [0.2, 0.25) is 0 Å². The van der Waals surface area contributed by atoms with Crippen molar-refractivity contribution >= 4 is 17.7 Å². The molecule has 0 spiro atoms. The van der Waals surface area contributed by atoms with Crippen molar-refractivity contribution in [3.8, 4) is 11.3 Å². The molecule has 0 unspecified atom stereocenters. The average molecular weight is 327 g/mol. The smallest absolute Gasteiger partial charge is 0.0636 e. The summed E-state index contributed by atoms with van der Waals surface area (Å²) >= 11 is 0. The lowest BCUT2D eigenvalue weighted by Gasteiger charge is -2.12. The van der Waals surface area contributed by atoms with Gasteiger partial charge in [0.05, 0.1) is 5.69 Å². The van der Waals surface area contributed by atoms with Crippen molar-refractivity contribution in [2.75, 3.05) is 13.1 Å². The van der Waals surface area contributed by atoms with Crippen LogP contribution in [0.25, 0.3) is 29.0 Å². The van der Waals surface area contributed by atoms with Crippen LogP contribution in [0, 0.1) is 0 Å². The Bertz CT molecular complexity index is 904. The third kappa shape index (κ3) is 3.78. The van der Waals surface area contributed by atoms with E-state index in [4.69, 9.17) is 0 Å². The summed E-state index contributed by atoms with van der Waals surface area (Å²) in [5, 5.41) is 3.35. The Labute approximate surface area is 148 Å². The van der Waals surface area contributed by atoms with Crippen molar-refractivity contribution in [1.29, 1.82) is 0 Å². The van der Waals surface area contributed by atoms with Gasteiger partial charge in [0.1, 0.15) is 0 Å². The number of pyridine rings is 1. The minimum atomic E-state index is 0.952. The summed E-state index contributed by atoms with van der Waals surface area (Å²) in [7, 11) is 0. The van der Waals surface area contributed by atoms with Crippen LogP contribution in [0.4, 0.5) is 0 Å². The topological polar surface area (TPSA) is 40.7 Å². The maximum Gasteiger partial charge on any atom is 0.0636 e. The molecule has 124 valence electrons. The number of benzene rings is 1. The molecule has 3 nitrogen and oxygen atoms in total. The highest BCUT2D eigenvalue weighted by Crippen LogP contribution is 2.25. The standard InChI is InChI=1S/C22H21N3/c1-2-4-17(5-3-1)6-7-20-16-19(12-15-24-20)22-9-8-21(25-22)18-10-13-23-14-11-18/h1-10,12,15-16,23,25H,11,13-14H2/b7-6+.